The quantitative estimate of drug-likeness (QED) is 0.765. The fourth-order valence-corrected chi connectivity index (χ4v) is 3.36. The largest absolute Gasteiger partial charge is 0.332 e. The van der Waals surface area contributed by atoms with Gasteiger partial charge in [0, 0.05) is 16.8 Å². The molecule has 28 heavy (non-hydrogen) atoms. The van der Waals surface area contributed by atoms with Crippen molar-refractivity contribution >= 4 is 40.8 Å². The molecule has 6 nitrogen and oxygen atoms in total. The van der Waals surface area contributed by atoms with Crippen LogP contribution in [-0.4, -0.2) is 34.8 Å². The second-order valence-corrected chi connectivity index (χ2v) is 7.50. The van der Waals surface area contributed by atoms with Crippen molar-refractivity contribution in [3.63, 3.8) is 0 Å². The first-order valence-electron chi connectivity index (χ1n) is 9.06. The number of halogens is 1. The van der Waals surface area contributed by atoms with Crippen molar-refractivity contribution in [2.45, 2.75) is 39.3 Å². The van der Waals surface area contributed by atoms with Gasteiger partial charge in [-0.15, -0.1) is 0 Å². The smallest absolute Gasteiger partial charge is 0.326 e. The zero-order valence-electron chi connectivity index (χ0n) is 16.0. The molecule has 146 valence electrons. The van der Waals surface area contributed by atoms with Crippen LogP contribution in [0.15, 0.2) is 48.5 Å². The molecule has 1 atom stereocenters. The van der Waals surface area contributed by atoms with E-state index in [0.29, 0.717) is 16.4 Å². The molecule has 0 unspecified atom stereocenters. The Labute approximate surface area is 169 Å². The van der Waals surface area contributed by atoms with E-state index < -0.39 is 18.0 Å². The van der Waals surface area contributed by atoms with E-state index in [0.717, 1.165) is 10.5 Å². The van der Waals surface area contributed by atoms with Crippen molar-refractivity contribution in [3.05, 3.63) is 59.1 Å². The van der Waals surface area contributed by atoms with E-state index >= 15 is 0 Å². The van der Waals surface area contributed by atoms with Crippen molar-refractivity contribution in [2.24, 2.45) is 0 Å². The number of imide groups is 1. The second kappa shape index (κ2) is 8.02. The van der Waals surface area contributed by atoms with E-state index in [1.54, 1.807) is 36.4 Å². The molecule has 0 saturated carbocycles. The van der Waals surface area contributed by atoms with Crippen molar-refractivity contribution in [3.8, 4) is 0 Å². The lowest BCUT2D eigenvalue weighted by Crippen LogP contribution is -2.42. The average molecular weight is 400 g/mol. The standard InChI is InChI=1S/C21H22ClN3O3/c1-13(2)24-18(12-19(26)23-16-8-6-15(22)7-9-16)20(27)25(21(24)28)17-10-4-14(3)5-11-17/h4-11,13,18H,12H2,1-3H3,(H,23,26)/t18-/m1/s1. The van der Waals surface area contributed by atoms with Gasteiger partial charge >= 0.3 is 6.03 Å². The van der Waals surface area contributed by atoms with Gasteiger partial charge in [-0.25, -0.2) is 9.69 Å². The summed E-state index contributed by atoms with van der Waals surface area (Å²) >= 11 is 5.85. The lowest BCUT2D eigenvalue weighted by atomic mass is 10.1. The monoisotopic (exact) mass is 399 g/mol. The van der Waals surface area contributed by atoms with Gasteiger partial charge in [0.1, 0.15) is 6.04 Å². The molecule has 2 aromatic carbocycles. The fourth-order valence-electron chi connectivity index (χ4n) is 3.23. The van der Waals surface area contributed by atoms with Crippen LogP contribution >= 0.6 is 11.6 Å². The number of nitrogens with zero attached hydrogens (tertiary/aromatic N) is 2. The Kier molecular flexibility index (Phi) is 5.70. The predicted molar refractivity (Wildman–Crippen MR) is 110 cm³/mol. The minimum atomic E-state index is -0.846. The highest BCUT2D eigenvalue weighted by molar-refractivity contribution is 6.30. The minimum absolute atomic E-state index is 0.117. The van der Waals surface area contributed by atoms with Gasteiger partial charge in [0.15, 0.2) is 0 Å². The maximum atomic E-state index is 13.0. The average Bonchev–Trinajstić information content (AvgIpc) is 2.88. The molecule has 1 N–H and O–H groups in total. The van der Waals surface area contributed by atoms with Gasteiger partial charge in [0.05, 0.1) is 12.1 Å². The number of benzene rings is 2. The van der Waals surface area contributed by atoms with Gasteiger partial charge in [-0.3, -0.25) is 9.59 Å². The summed E-state index contributed by atoms with van der Waals surface area (Å²) in [6.45, 7) is 5.59. The summed E-state index contributed by atoms with van der Waals surface area (Å²) in [5.41, 5.74) is 2.12. The Morgan fingerprint density at radius 1 is 1.07 bits per heavy atom. The number of hydrogen-bond donors (Lipinski definition) is 1. The number of rotatable bonds is 5. The van der Waals surface area contributed by atoms with Crippen molar-refractivity contribution in [1.82, 2.24) is 4.90 Å². The van der Waals surface area contributed by atoms with E-state index in [1.165, 1.54) is 4.90 Å². The van der Waals surface area contributed by atoms with Crippen molar-refractivity contribution < 1.29 is 14.4 Å². The Bertz CT molecular complexity index is 894. The van der Waals surface area contributed by atoms with Crippen LogP contribution in [-0.2, 0) is 9.59 Å². The van der Waals surface area contributed by atoms with E-state index in [9.17, 15) is 14.4 Å². The first-order valence-corrected chi connectivity index (χ1v) is 9.44. The first kappa shape index (κ1) is 19.9. The zero-order valence-corrected chi connectivity index (χ0v) is 16.7. The number of nitrogens with one attached hydrogen (secondary N) is 1. The summed E-state index contributed by atoms with van der Waals surface area (Å²) < 4.78 is 0. The molecule has 2 aromatic rings. The minimum Gasteiger partial charge on any atom is -0.326 e. The summed E-state index contributed by atoms with van der Waals surface area (Å²) in [5, 5.41) is 3.31. The highest BCUT2D eigenvalue weighted by Gasteiger charge is 2.47. The van der Waals surface area contributed by atoms with Crippen LogP contribution < -0.4 is 10.2 Å². The normalized spacial score (nSPS) is 16.8. The number of urea groups is 1. The van der Waals surface area contributed by atoms with E-state index in [4.69, 9.17) is 11.6 Å². The van der Waals surface area contributed by atoms with Crippen LogP contribution in [0.5, 0.6) is 0 Å². The Balaban J connectivity index is 1.80. The van der Waals surface area contributed by atoms with Crippen LogP contribution in [0.2, 0.25) is 5.02 Å². The number of amides is 4. The summed E-state index contributed by atoms with van der Waals surface area (Å²) in [7, 11) is 0. The zero-order chi connectivity index (χ0) is 20.4. The number of carbonyl (C=O) groups is 3. The number of carbonyl (C=O) groups excluding carboxylic acids is 3. The summed E-state index contributed by atoms with van der Waals surface area (Å²) in [6, 6.07) is 12.4. The fraction of sp³-hybridized carbons (Fsp3) is 0.286. The van der Waals surface area contributed by atoms with Gasteiger partial charge in [-0.1, -0.05) is 29.3 Å². The van der Waals surface area contributed by atoms with Crippen molar-refractivity contribution in [1.29, 1.82) is 0 Å². The van der Waals surface area contributed by atoms with Gasteiger partial charge in [-0.05, 0) is 57.2 Å². The summed E-state index contributed by atoms with van der Waals surface area (Å²) in [4.78, 5) is 41.1. The molecule has 1 aliphatic rings. The highest BCUT2D eigenvalue weighted by Crippen LogP contribution is 2.29. The van der Waals surface area contributed by atoms with Gasteiger partial charge in [0.25, 0.3) is 5.91 Å². The molecule has 4 amide bonds. The van der Waals surface area contributed by atoms with Crippen molar-refractivity contribution in [2.75, 3.05) is 10.2 Å². The van der Waals surface area contributed by atoms with E-state index in [1.807, 2.05) is 32.9 Å². The first-order chi connectivity index (χ1) is 13.3. The third kappa shape index (κ3) is 4.02. The van der Waals surface area contributed by atoms with Gasteiger partial charge in [0.2, 0.25) is 5.91 Å². The SMILES string of the molecule is Cc1ccc(N2C(=O)[C@@H](CC(=O)Nc3ccc(Cl)cc3)N(C(C)C)C2=O)cc1. The lowest BCUT2D eigenvalue weighted by molar-refractivity contribution is -0.124. The van der Waals surface area contributed by atoms with E-state index in [2.05, 4.69) is 5.32 Å². The van der Waals surface area contributed by atoms with E-state index in [-0.39, 0.29) is 18.4 Å². The van der Waals surface area contributed by atoms with Gasteiger partial charge < -0.3 is 10.2 Å². The molecule has 0 bridgehead atoms. The predicted octanol–water partition coefficient (Wildman–Crippen LogP) is 4.22. The molecule has 7 heteroatoms. The molecule has 0 aliphatic carbocycles. The lowest BCUT2D eigenvalue weighted by Gasteiger charge is -2.25. The Morgan fingerprint density at radius 2 is 1.68 bits per heavy atom. The number of anilines is 2. The topological polar surface area (TPSA) is 69.7 Å². The molecule has 0 spiro atoms. The molecule has 3 rings (SSSR count). The number of aryl methyl sites for hydroxylation is 1. The highest BCUT2D eigenvalue weighted by atomic mass is 35.5. The molecular weight excluding hydrogens is 378 g/mol. The third-order valence-electron chi connectivity index (χ3n) is 4.61. The maximum absolute atomic E-state index is 13.0. The van der Waals surface area contributed by atoms with Crippen LogP contribution in [0.4, 0.5) is 16.2 Å². The Hall–Kier alpha value is -2.86. The number of hydrogen-bond acceptors (Lipinski definition) is 3. The van der Waals surface area contributed by atoms with Crippen LogP contribution in [0.1, 0.15) is 25.8 Å². The van der Waals surface area contributed by atoms with Crippen LogP contribution in [0.3, 0.4) is 0 Å². The van der Waals surface area contributed by atoms with Gasteiger partial charge in [-0.2, -0.15) is 0 Å². The summed E-state index contributed by atoms with van der Waals surface area (Å²) in [6.07, 6.45) is -0.117. The maximum Gasteiger partial charge on any atom is 0.332 e. The molecule has 1 saturated heterocycles. The molecular formula is C21H22ClN3O3. The molecule has 0 aromatic heterocycles. The third-order valence-corrected chi connectivity index (χ3v) is 4.86. The van der Waals surface area contributed by atoms with Crippen LogP contribution in [0.25, 0.3) is 0 Å². The molecule has 0 radical (unpaired) electrons. The summed E-state index contributed by atoms with van der Waals surface area (Å²) in [5.74, 6) is -0.737. The van der Waals surface area contributed by atoms with Crippen LogP contribution in [0, 0.1) is 6.92 Å². The molecule has 1 heterocycles. The Morgan fingerprint density at radius 3 is 2.25 bits per heavy atom. The molecule has 1 aliphatic heterocycles. The molecule has 1 fully saturated rings. The second-order valence-electron chi connectivity index (χ2n) is 7.07.